The normalized spacial score (nSPS) is 15.5. The Balaban J connectivity index is 3.38. The summed E-state index contributed by atoms with van der Waals surface area (Å²) in [6, 6.07) is 3.43. The van der Waals surface area contributed by atoms with Gasteiger partial charge in [0.05, 0.1) is 11.9 Å². The van der Waals surface area contributed by atoms with E-state index in [1.165, 1.54) is 13.8 Å². The predicted molar refractivity (Wildman–Crippen MR) is 124 cm³/mol. The van der Waals surface area contributed by atoms with Gasteiger partial charge in [-0.3, -0.25) is 4.18 Å². The number of phenols is 1. The summed E-state index contributed by atoms with van der Waals surface area (Å²) in [5.41, 5.74) is -0.0449. The van der Waals surface area contributed by atoms with E-state index in [9.17, 15) is 18.6 Å². The molecule has 0 unspecified atom stereocenters. The van der Waals surface area contributed by atoms with Gasteiger partial charge in [0, 0.05) is 11.5 Å². The second kappa shape index (κ2) is 9.02. The molecule has 0 bridgehead atoms. The van der Waals surface area contributed by atoms with E-state index in [1.807, 2.05) is 6.92 Å². The van der Waals surface area contributed by atoms with Crippen molar-refractivity contribution in [1.82, 2.24) is 0 Å². The first-order valence-electron chi connectivity index (χ1n) is 10.0. The molecule has 0 saturated heterocycles. The third-order valence-corrected chi connectivity index (χ3v) is 10.7. The standard InChI is InChI=1S/C22H38O6SSi/c1-11-16(13-20(22(6,7)24)27-29(8,25)26)17-14-19(15(2)12-18(17)23)28-30(9,10)21(3,4)5/h11-12,14,16,20,23-24H,1,13H2,2-10H3/t16-,20+/m0/s1. The van der Waals surface area contributed by atoms with E-state index in [2.05, 4.69) is 40.4 Å². The summed E-state index contributed by atoms with van der Waals surface area (Å²) in [5.74, 6) is 0.296. The number of benzene rings is 1. The van der Waals surface area contributed by atoms with Gasteiger partial charge < -0.3 is 14.6 Å². The lowest BCUT2D eigenvalue weighted by atomic mass is 9.86. The number of aryl methyl sites for hydroxylation is 1. The Hall–Kier alpha value is -1.35. The van der Waals surface area contributed by atoms with Gasteiger partial charge in [-0.25, -0.2) is 0 Å². The molecule has 172 valence electrons. The molecule has 30 heavy (non-hydrogen) atoms. The van der Waals surface area contributed by atoms with Crippen molar-refractivity contribution in [3.8, 4) is 11.5 Å². The molecule has 0 fully saturated rings. The summed E-state index contributed by atoms with van der Waals surface area (Å²) in [6.45, 7) is 19.5. The molecule has 1 aromatic carbocycles. The van der Waals surface area contributed by atoms with Crippen LogP contribution in [-0.4, -0.2) is 44.9 Å². The monoisotopic (exact) mass is 458 g/mol. The Labute approximate surface area is 183 Å². The van der Waals surface area contributed by atoms with Crippen molar-refractivity contribution in [3.05, 3.63) is 35.9 Å². The first kappa shape index (κ1) is 26.7. The molecular weight excluding hydrogens is 420 g/mol. The molecule has 0 spiro atoms. The van der Waals surface area contributed by atoms with Crippen molar-refractivity contribution in [2.45, 2.75) is 83.7 Å². The predicted octanol–water partition coefficient (Wildman–Crippen LogP) is 4.86. The van der Waals surface area contributed by atoms with Gasteiger partial charge in [0.15, 0.2) is 0 Å². The highest BCUT2D eigenvalue weighted by Gasteiger charge is 2.39. The summed E-state index contributed by atoms with van der Waals surface area (Å²) < 4.78 is 35.0. The smallest absolute Gasteiger partial charge is 0.264 e. The lowest BCUT2D eigenvalue weighted by Gasteiger charge is -2.37. The van der Waals surface area contributed by atoms with Gasteiger partial charge in [-0.05, 0) is 63.0 Å². The Morgan fingerprint density at radius 2 is 1.73 bits per heavy atom. The van der Waals surface area contributed by atoms with E-state index in [4.69, 9.17) is 8.61 Å². The molecule has 0 amide bonds. The van der Waals surface area contributed by atoms with Crippen LogP contribution in [-0.2, 0) is 14.3 Å². The number of rotatable bonds is 9. The molecule has 8 heteroatoms. The lowest BCUT2D eigenvalue weighted by Crippen LogP contribution is -2.44. The summed E-state index contributed by atoms with van der Waals surface area (Å²) in [6.07, 6.45) is 1.67. The van der Waals surface area contributed by atoms with Crippen molar-refractivity contribution in [2.24, 2.45) is 0 Å². The molecule has 2 atom stereocenters. The first-order valence-corrected chi connectivity index (χ1v) is 14.8. The van der Waals surface area contributed by atoms with Crippen molar-refractivity contribution < 1.29 is 27.2 Å². The van der Waals surface area contributed by atoms with E-state index >= 15 is 0 Å². The zero-order chi connectivity index (χ0) is 23.7. The number of aliphatic hydroxyl groups is 1. The quantitative estimate of drug-likeness (QED) is 0.312. The maximum atomic E-state index is 11.7. The highest BCUT2D eigenvalue weighted by atomic mass is 32.2. The number of hydrogen-bond acceptors (Lipinski definition) is 6. The van der Waals surface area contributed by atoms with Gasteiger partial charge in [0.1, 0.15) is 17.6 Å². The maximum absolute atomic E-state index is 11.7. The minimum atomic E-state index is -3.78. The Kier molecular flexibility index (Phi) is 8.02. The molecule has 0 radical (unpaired) electrons. The third kappa shape index (κ3) is 7.11. The topological polar surface area (TPSA) is 93.1 Å². The number of hydrogen-bond donors (Lipinski definition) is 2. The zero-order valence-electron chi connectivity index (χ0n) is 19.7. The average molecular weight is 459 g/mol. The van der Waals surface area contributed by atoms with Gasteiger partial charge in [-0.15, -0.1) is 6.58 Å². The summed E-state index contributed by atoms with van der Waals surface area (Å²) >= 11 is 0. The van der Waals surface area contributed by atoms with E-state index in [0.717, 1.165) is 11.8 Å². The fraction of sp³-hybridized carbons (Fsp3) is 0.636. The van der Waals surface area contributed by atoms with E-state index in [1.54, 1.807) is 18.2 Å². The van der Waals surface area contributed by atoms with Crippen LogP contribution in [0, 0.1) is 6.92 Å². The average Bonchev–Trinajstić information content (AvgIpc) is 2.51. The van der Waals surface area contributed by atoms with Gasteiger partial charge in [-0.1, -0.05) is 26.8 Å². The molecule has 0 aromatic heterocycles. The van der Waals surface area contributed by atoms with Crippen molar-refractivity contribution in [3.63, 3.8) is 0 Å². The van der Waals surface area contributed by atoms with Crippen molar-refractivity contribution in [2.75, 3.05) is 6.26 Å². The van der Waals surface area contributed by atoms with Gasteiger partial charge in [0.2, 0.25) is 8.32 Å². The van der Waals surface area contributed by atoms with Crippen LogP contribution in [0.25, 0.3) is 0 Å². The number of phenolic OH excluding ortho intramolecular Hbond substituents is 1. The summed E-state index contributed by atoms with van der Waals surface area (Å²) in [4.78, 5) is 0. The molecule has 0 aliphatic carbocycles. The van der Waals surface area contributed by atoms with Crippen molar-refractivity contribution >= 4 is 18.4 Å². The van der Waals surface area contributed by atoms with Crippen LogP contribution in [0.15, 0.2) is 24.8 Å². The Morgan fingerprint density at radius 1 is 1.20 bits per heavy atom. The van der Waals surface area contributed by atoms with Gasteiger partial charge >= 0.3 is 0 Å². The Bertz CT molecular complexity index is 863. The van der Waals surface area contributed by atoms with Crippen LogP contribution in [0.2, 0.25) is 18.1 Å². The second-order valence-electron chi connectivity index (χ2n) is 10.1. The highest BCUT2D eigenvalue weighted by Crippen LogP contribution is 2.41. The summed E-state index contributed by atoms with van der Waals surface area (Å²) in [7, 11) is -5.89. The van der Waals surface area contributed by atoms with E-state index < -0.39 is 36.1 Å². The summed E-state index contributed by atoms with van der Waals surface area (Å²) in [5, 5.41) is 21.1. The van der Waals surface area contributed by atoms with Crippen LogP contribution < -0.4 is 4.43 Å². The minimum absolute atomic E-state index is 0.00462. The molecular formula is C22H38O6SSi. The highest BCUT2D eigenvalue weighted by molar-refractivity contribution is 7.86. The Morgan fingerprint density at radius 3 is 2.13 bits per heavy atom. The largest absolute Gasteiger partial charge is 0.543 e. The lowest BCUT2D eigenvalue weighted by molar-refractivity contribution is -0.0355. The zero-order valence-corrected chi connectivity index (χ0v) is 21.6. The molecule has 0 saturated carbocycles. The van der Waals surface area contributed by atoms with Gasteiger partial charge in [-0.2, -0.15) is 8.42 Å². The van der Waals surface area contributed by atoms with Crippen LogP contribution in [0.4, 0.5) is 0 Å². The van der Waals surface area contributed by atoms with Crippen LogP contribution in [0.1, 0.15) is 58.1 Å². The number of allylic oxidation sites excluding steroid dienone is 1. The molecule has 0 aliphatic heterocycles. The fourth-order valence-corrected chi connectivity index (χ4v) is 4.57. The first-order chi connectivity index (χ1) is 13.3. The van der Waals surface area contributed by atoms with Crippen molar-refractivity contribution in [1.29, 1.82) is 0 Å². The SMILES string of the molecule is C=C[C@@H](C[C@@H](OS(C)(=O)=O)C(C)(C)O)c1cc(O[Si](C)(C)C(C)(C)C)c(C)cc1O. The van der Waals surface area contributed by atoms with Crippen LogP contribution >= 0.6 is 0 Å². The van der Waals surface area contributed by atoms with E-state index in [0.29, 0.717) is 11.3 Å². The number of aromatic hydroxyl groups is 1. The molecule has 0 heterocycles. The second-order valence-corrected chi connectivity index (χ2v) is 16.4. The van der Waals surface area contributed by atoms with E-state index in [-0.39, 0.29) is 17.2 Å². The molecule has 1 rings (SSSR count). The van der Waals surface area contributed by atoms with Gasteiger partial charge in [0.25, 0.3) is 10.1 Å². The third-order valence-electron chi connectivity index (χ3n) is 5.73. The molecule has 0 aliphatic rings. The molecule has 2 N–H and O–H groups in total. The maximum Gasteiger partial charge on any atom is 0.264 e. The van der Waals surface area contributed by atoms with Crippen LogP contribution in [0.3, 0.4) is 0 Å². The molecule has 1 aromatic rings. The minimum Gasteiger partial charge on any atom is -0.543 e. The fourth-order valence-electron chi connectivity index (χ4n) is 2.76. The van der Waals surface area contributed by atoms with Crippen LogP contribution in [0.5, 0.6) is 11.5 Å². The molecule has 6 nitrogen and oxygen atoms in total.